The van der Waals surface area contributed by atoms with E-state index in [9.17, 15) is 9.90 Å². The van der Waals surface area contributed by atoms with Gasteiger partial charge in [0.1, 0.15) is 0 Å². The molecule has 2 aromatic rings. The molecule has 1 aromatic carbocycles. The SMILES string of the molecule is CCC1(O)C[C@H]2C[C@H](C(=O)OC)c3[nH]c4ccccc4c3CCN(C2)C1. The molecule has 2 N–H and O–H groups in total. The van der Waals surface area contributed by atoms with E-state index in [2.05, 4.69) is 22.0 Å². The van der Waals surface area contributed by atoms with Crippen LogP contribution in [0.2, 0.25) is 0 Å². The van der Waals surface area contributed by atoms with Gasteiger partial charge in [0, 0.05) is 36.2 Å². The monoisotopic (exact) mass is 356 g/mol. The standard InChI is InChI=1S/C21H28N2O3/c1-3-21(25)11-14-10-17(20(24)26-2)19-16(8-9-23(12-14)13-21)15-6-4-5-7-18(15)22-19/h4-7,14,17,22,25H,3,8-13H2,1-2H3/t14-,17+,21?/m1/s1. The molecule has 0 aliphatic carbocycles. The molecule has 0 amide bonds. The minimum atomic E-state index is -0.649. The number of esters is 1. The number of piperidine rings is 1. The Labute approximate surface area is 154 Å². The lowest BCUT2D eigenvalue weighted by atomic mass is 9.79. The summed E-state index contributed by atoms with van der Waals surface area (Å²) < 4.78 is 5.16. The van der Waals surface area contributed by atoms with Crippen LogP contribution in [0.4, 0.5) is 0 Å². The zero-order chi connectivity index (χ0) is 18.3. The van der Waals surface area contributed by atoms with Gasteiger partial charge in [-0.3, -0.25) is 9.69 Å². The number of methoxy groups -OCH3 is 1. The molecular formula is C21H28N2O3. The molecule has 4 atom stereocenters. The Balaban J connectivity index is 1.79. The van der Waals surface area contributed by atoms with Crippen LogP contribution in [0.1, 0.15) is 43.4 Å². The van der Waals surface area contributed by atoms with Gasteiger partial charge < -0.3 is 14.8 Å². The van der Waals surface area contributed by atoms with Crippen molar-refractivity contribution in [2.45, 2.75) is 44.1 Å². The van der Waals surface area contributed by atoms with Crippen LogP contribution in [0, 0.1) is 5.92 Å². The van der Waals surface area contributed by atoms with Crippen LogP contribution in [-0.2, 0) is 16.0 Å². The van der Waals surface area contributed by atoms with Crippen molar-refractivity contribution in [2.24, 2.45) is 5.92 Å². The van der Waals surface area contributed by atoms with E-state index < -0.39 is 5.60 Å². The molecule has 2 aliphatic heterocycles. The molecule has 0 spiro atoms. The maximum absolute atomic E-state index is 12.7. The third-order valence-electron chi connectivity index (χ3n) is 6.29. The summed E-state index contributed by atoms with van der Waals surface area (Å²) in [6.45, 7) is 4.62. The van der Waals surface area contributed by atoms with Gasteiger partial charge in [-0.25, -0.2) is 0 Å². The van der Waals surface area contributed by atoms with Crippen LogP contribution in [0.25, 0.3) is 10.9 Å². The molecule has 5 heteroatoms. The van der Waals surface area contributed by atoms with Crippen molar-refractivity contribution >= 4 is 16.9 Å². The maximum atomic E-state index is 12.7. The Kier molecular flexibility index (Phi) is 4.53. The van der Waals surface area contributed by atoms with Crippen molar-refractivity contribution in [3.05, 3.63) is 35.5 Å². The van der Waals surface area contributed by atoms with E-state index in [0.717, 1.165) is 50.1 Å². The van der Waals surface area contributed by atoms with E-state index in [1.54, 1.807) is 0 Å². The van der Waals surface area contributed by atoms with Crippen LogP contribution in [-0.4, -0.2) is 53.3 Å². The van der Waals surface area contributed by atoms with E-state index >= 15 is 0 Å². The van der Waals surface area contributed by atoms with Gasteiger partial charge in [-0.1, -0.05) is 25.1 Å². The molecule has 1 aromatic heterocycles. The first kappa shape index (κ1) is 17.6. The number of rotatable bonds is 2. The van der Waals surface area contributed by atoms with E-state index in [1.165, 1.54) is 18.1 Å². The van der Waals surface area contributed by atoms with Crippen molar-refractivity contribution in [3.8, 4) is 0 Å². The largest absolute Gasteiger partial charge is 0.469 e. The van der Waals surface area contributed by atoms with Gasteiger partial charge in [0.25, 0.3) is 0 Å². The molecule has 2 bridgehead atoms. The smallest absolute Gasteiger partial charge is 0.314 e. The summed E-state index contributed by atoms with van der Waals surface area (Å²) in [5, 5.41) is 12.1. The second-order valence-electron chi connectivity index (χ2n) is 8.01. The second-order valence-corrected chi connectivity index (χ2v) is 8.01. The highest BCUT2D eigenvalue weighted by Gasteiger charge is 2.40. The summed E-state index contributed by atoms with van der Waals surface area (Å²) in [6, 6.07) is 8.26. The van der Waals surface area contributed by atoms with Gasteiger partial charge >= 0.3 is 5.97 Å². The molecule has 2 aliphatic rings. The number of nitrogens with zero attached hydrogens (tertiary/aromatic N) is 1. The van der Waals surface area contributed by atoms with Crippen LogP contribution < -0.4 is 0 Å². The first-order chi connectivity index (χ1) is 12.5. The Hall–Kier alpha value is -1.85. The summed E-state index contributed by atoms with van der Waals surface area (Å²) in [6.07, 6.45) is 3.09. The number of carbonyl (C=O) groups is 1. The number of fused-ring (bicyclic) bond motifs is 5. The number of aliphatic hydroxyl groups is 1. The van der Waals surface area contributed by atoms with Gasteiger partial charge in [-0.05, 0) is 43.2 Å². The van der Waals surface area contributed by atoms with Gasteiger partial charge in [-0.15, -0.1) is 0 Å². The lowest BCUT2D eigenvalue weighted by Crippen LogP contribution is -2.51. The summed E-state index contributed by atoms with van der Waals surface area (Å²) in [5.74, 6) is -0.196. The van der Waals surface area contributed by atoms with Crippen molar-refractivity contribution in [2.75, 3.05) is 26.7 Å². The van der Waals surface area contributed by atoms with Crippen molar-refractivity contribution < 1.29 is 14.6 Å². The average Bonchev–Trinajstić information content (AvgIpc) is 3.02. The van der Waals surface area contributed by atoms with E-state index in [0.29, 0.717) is 6.42 Å². The van der Waals surface area contributed by atoms with Gasteiger partial charge in [0.05, 0.1) is 18.6 Å². The molecule has 1 fully saturated rings. The number of ether oxygens (including phenoxy) is 1. The first-order valence-corrected chi connectivity index (χ1v) is 9.65. The number of carbonyl (C=O) groups excluding carboxylic acids is 1. The van der Waals surface area contributed by atoms with Crippen LogP contribution >= 0.6 is 0 Å². The molecule has 4 rings (SSSR count). The van der Waals surface area contributed by atoms with Crippen LogP contribution in [0.3, 0.4) is 0 Å². The highest BCUT2D eigenvalue weighted by Crippen LogP contribution is 2.39. The third-order valence-corrected chi connectivity index (χ3v) is 6.29. The zero-order valence-corrected chi connectivity index (χ0v) is 15.6. The molecule has 3 heterocycles. The number of hydrogen-bond acceptors (Lipinski definition) is 4. The fraction of sp³-hybridized carbons (Fsp3) is 0.571. The predicted octanol–water partition coefficient (Wildman–Crippen LogP) is 2.83. The number of H-pyrrole nitrogens is 1. The number of hydrogen-bond donors (Lipinski definition) is 2. The molecule has 0 saturated carbocycles. The molecule has 1 saturated heterocycles. The first-order valence-electron chi connectivity index (χ1n) is 9.65. The number of para-hydroxylation sites is 1. The fourth-order valence-corrected chi connectivity index (χ4v) is 4.96. The molecule has 0 radical (unpaired) electrons. The lowest BCUT2D eigenvalue weighted by Gasteiger charge is -2.43. The van der Waals surface area contributed by atoms with E-state index in [4.69, 9.17) is 4.74 Å². The number of benzene rings is 1. The minimum Gasteiger partial charge on any atom is -0.469 e. The summed E-state index contributed by atoms with van der Waals surface area (Å²) in [5.41, 5.74) is 2.66. The topological polar surface area (TPSA) is 65.6 Å². The Morgan fingerprint density at radius 3 is 3.00 bits per heavy atom. The highest BCUT2D eigenvalue weighted by molar-refractivity contribution is 5.88. The second kappa shape index (κ2) is 6.71. The van der Waals surface area contributed by atoms with Gasteiger partial charge in [0.2, 0.25) is 0 Å². The quantitative estimate of drug-likeness (QED) is 0.812. The summed E-state index contributed by atoms with van der Waals surface area (Å²) in [4.78, 5) is 18.5. The Morgan fingerprint density at radius 2 is 2.23 bits per heavy atom. The normalized spacial score (nSPS) is 31.6. The summed E-state index contributed by atoms with van der Waals surface area (Å²) >= 11 is 0. The minimum absolute atomic E-state index is 0.183. The van der Waals surface area contributed by atoms with Gasteiger partial charge in [-0.2, -0.15) is 0 Å². The summed E-state index contributed by atoms with van der Waals surface area (Å²) in [7, 11) is 1.47. The molecule has 5 nitrogen and oxygen atoms in total. The maximum Gasteiger partial charge on any atom is 0.314 e. The number of nitrogens with one attached hydrogen (secondary N) is 1. The molecular weight excluding hydrogens is 328 g/mol. The molecule has 140 valence electrons. The van der Waals surface area contributed by atoms with Crippen molar-refractivity contribution in [1.82, 2.24) is 9.88 Å². The van der Waals surface area contributed by atoms with Crippen molar-refractivity contribution in [1.29, 1.82) is 0 Å². The van der Waals surface area contributed by atoms with Crippen LogP contribution in [0.5, 0.6) is 0 Å². The molecule has 2 unspecified atom stereocenters. The van der Waals surface area contributed by atoms with E-state index in [1.807, 2.05) is 19.1 Å². The lowest BCUT2D eigenvalue weighted by molar-refractivity contribution is -0.143. The Bertz CT molecular complexity index is 815. The van der Waals surface area contributed by atoms with E-state index in [-0.39, 0.29) is 17.8 Å². The third kappa shape index (κ3) is 3.03. The number of aromatic nitrogens is 1. The molecule has 26 heavy (non-hydrogen) atoms. The Morgan fingerprint density at radius 1 is 1.42 bits per heavy atom. The highest BCUT2D eigenvalue weighted by atomic mass is 16.5. The average molecular weight is 356 g/mol. The fourth-order valence-electron chi connectivity index (χ4n) is 4.96. The van der Waals surface area contributed by atoms with Crippen molar-refractivity contribution in [3.63, 3.8) is 0 Å². The zero-order valence-electron chi connectivity index (χ0n) is 15.6. The van der Waals surface area contributed by atoms with Crippen LogP contribution in [0.15, 0.2) is 24.3 Å². The number of aromatic amines is 1. The predicted molar refractivity (Wildman–Crippen MR) is 101 cm³/mol. The van der Waals surface area contributed by atoms with Gasteiger partial charge in [0.15, 0.2) is 0 Å².